The van der Waals surface area contributed by atoms with Crippen LogP contribution in [-0.2, 0) is 9.53 Å². The highest BCUT2D eigenvalue weighted by Crippen LogP contribution is 2.35. The standard InChI is InChI=1S/C14H15NO5/c1-7(16)10(13(19)20-2)14(15)11(17)8-5-3-4-6-9(8)12(14)18/h3-7,10,16H,15H2,1-2H3/t7-,10+/m1/s1. The van der Waals surface area contributed by atoms with E-state index in [2.05, 4.69) is 4.74 Å². The predicted molar refractivity (Wildman–Crippen MR) is 69.2 cm³/mol. The summed E-state index contributed by atoms with van der Waals surface area (Å²) in [6, 6.07) is 6.15. The van der Waals surface area contributed by atoms with Gasteiger partial charge in [0.2, 0.25) is 0 Å². The molecule has 2 atom stereocenters. The molecular formula is C14H15NO5. The van der Waals surface area contributed by atoms with E-state index in [4.69, 9.17) is 5.73 Å². The number of carbonyl (C=O) groups excluding carboxylic acids is 3. The van der Waals surface area contributed by atoms with Gasteiger partial charge in [0.1, 0.15) is 5.92 Å². The maximum absolute atomic E-state index is 12.4. The SMILES string of the molecule is COC(=O)[C@H]([C@@H](C)O)C1(N)C(=O)c2ccccc2C1=O. The van der Waals surface area contributed by atoms with Crippen molar-refractivity contribution in [3.8, 4) is 0 Å². The van der Waals surface area contributed by atoms with Gasteiger partial charge in [-0.25, -0.2) is 0 Å². The predicted octanol–water partition coefficient (Wildman–Crippen LogP) is -0.0669. The summed E-state index contributed by atoms with van der Waals surface area (Å²) in [5.74, 6) is -3.68. The molecule has 1 aromatic carbocycles. The number of fused-ring (bicyclic) bond motifs is 1. The number of benzene rings is 1. The minimum Gasteiger partial charge on any atom is -0.469 e. The molecule has 0 fully saturated rings. The lowest BCUT2D eigenvalue weighted by Crippen LogP contribution is -2.62. The summed E-state index contributed by atoms with van der Waals surface area (Å²) in [6.07, 6.45) is -1.30. The van der Waals surface area contributed by atoms with E-state index in [1.807, 2.05) is 0 Å². The van der Waals surface area contributed by atoms with Gasteiger partial charge in [-0.05, 0) is 6.92 Å². The van der Waals surface area contributed by atoms with Gasteiger partial charge in [0.05, 0.1) is 13.2 Å². The van der Waals surface area contributed by atoms with Gasteiger partial charge in [-0.2, -0.15) is 0 Å². The number of hydrogen-bond acceptors (Lipinski definition) is 6. The topological polar surface area (TPSA) is 107 Å². The molecule has 0 bridgehead atoms. The van der Waals surface area contributed by atoms with Crippen molar-refractivity contribution in [2.75, 3.05) is 7.11 Å². The summed E-state index contributed by atoms with van der Waals surface area (Å²) in [6.45, 7) is 1.29. The van der Waals surface area contributed by atoms with Crippen molar-refractivity contribution in [3.63, 3.8) is 0 Å². The summed E-state index contributed by atoms with van der Waals surface area (Å²) in [7, 11) is 1.11. The number of ketones is 2. The van der Waals surface area contributed by atoms with Crippen molar-refractivity contribution in [2.24, 2.45) is 11.7 Å². The van der Waals surface area contributed by atoms with E-state index >= 15 is 0 Å². The summed E-state index contributed by atoms with van der Waals surface area (Å²) >= 11 is 0. The van der Waals surface area contributed by atoms with Crippen LogP contribution in [0.15, 0.2) is 24.3 Å². The third kappa shape index (κ3) is 1.76. The molecule has 0 amide bonds. The van der Waals surface area contributed by atoms with Crippen LogP contribution in [0.3, 0.4) is 0 Å². The van der Waals surface area contributed by atoms with E-state index in [-0.39, 0.29) is 11.1 Å². The van der Waals surface area contributed by atoms with Crippen molar-refractivity contribution < 1.29 is 24.2 Å². The van der Waals surface area contributed by atoms with Gasteiger partial charge in [0.15, 0.2) is 17.1 Å². The van der Waals surface area contributed by atoms with Crippen LogP contribution < -0.4 is 5.73 Å². The number of aliphatic hydroxyl groups excluding tert-OH is 1. The summed E-state index contributed by atoms with van der Waals surface area (Å²) in [5.41, 5.74) is 4.16. The second-order valence-corrected chi connectivity index (χ2v) is 4.81. The number of methoxy groups -OCH3 is 1. The average Bonchev–Trinajstić information content (AvgIpc) is 2.62. The molecule has 2 rings (SSSR count). The lowest BCUT2D eigenvalue weighted by molar-refractivity contribution is -0.150. The number of rotatable bonds is 3. The normalized spacial score (nSPS) is 19.4. The van der Waals surface area contributed by atoms with Crippen molar-refractivity contribution in [3.05, 3.63) is 35.4 Å². The van der Waals surface area contributed by atoms with E-state index in [1.54, 1.807) is 12.1 Å². The van der Waals surface area contributed by atoms with Crippen molar-refractivity contribution >= 4 is 17.5 Å². The molecule has 0 spiro atoms. The minimum absolute atomic E-state index is 0.162. The molecule has 20 heavy (non-hydrogen) atoms. The van der Waals surface area contributed by atoms with E-state index in [9.17, 15) is 19.5 Å². The number of ether oxygens (including phenoxy) is 1. The monoisotopic (exact) mass is 277 g/mol. The highest BCUT2D eigenvalue weighted by molar-refractivity contribution is 6.34. The molecule has 0 aliphatic heterocycles. The quantitative estimate of drug-likeness (QED) is 0.592. The van der Waals surface area contributed by atoms with E-state index in [0.717, 1.165) is 7.11 Å². The Bertz CT molecular complexity index is 558. The van der Waals surface area contributed by atoms with Crippen molar-refractivity contribution in [2.45, 2.75) is 18.6 Å². The van der Waals surface area contributed by atoms with Crippen LogP contribution in [0, 0.1) is 5.92 Å². The van der Waals surface area contributed by atoms with Gasteiger partial charge in [-0.15, -0.1) is 0 Å². The number of esters is 1. The zero-order chi connectivity index (χ0) is 15.1. The van der Waals surface area contributed by atoms with Gasteiger partial charge >= 0.3 is 5.97 Å². The van der Waals surface area contributed by atoms with Crippen LogP contribution in [-0.4, -0.2) is 41.4 Å². The van der Waals surface area contributed by atoms with Crippen LogP contribution in [0.5, 0.6) is 0 Å². The molecule has 6 heteroatoms. The Hall–Kier alpha value is -2.05. The van der Waals surface area contributed by atoms with Gasteiger partial charge in [-0.1, -0.05) is 24.3 Å². The summed E-state index contributed by atoms with van der Waals surface area (Å²) < 4.78 is 4.56. The Morgan fingerprint density at radius 3 is 2.05 bits per heavy atom. The molecule has 1 aromatic rings. The van der Waals surface area contributed by atoms with E-state index < -0.39 is 35.1 Å². The highest BCUT2D eigenvalue weighted by Gasteiger charge is 2.59. The fraction of sp³-hybridized carbons (Fsp3) is 0.357. The lowest BCUT2D eigenvalue weighted by Gasteiger charge is -2.30. The molecule has 0 aromatic heterocycles. The third-order valence-corrected chi connectivity index (χ3v) is 3.60. The first-order chi connectivity index (χ1) is 9.35. The third-order valence-electron chi connectivity index (χ3n) is 3.60. The second kappa shape index (κ2) is 4.81. The number of Topliss-reactive ketones (excluding diaryl/α,β-unsaturated/α-hetero) is 2. The maximum Gasteiger partial charge on any atom is 0.314 e. The van der Waals surface area contributed by atoms with Crippen LogP contribution in [0.4, 0.5) is 0 Å². The van der Waals surface area contributed by atoms with Crippen molar-refractivity contribution in [1.82, 2.24) is 0 Å². The van der Waals surface area contributed by atoms with Crippen LogP contribution in [0.1, 0.15) is 27.6 Å². The zero-order valence-corrected chi connectivity index (χ0v) is 11.1. The second-order valence-electron chi connectivity index (χ2n) is 4.81. The number of hydrogen-bond donors (Lipinski definition) is 2. The Morgan fingerprint density at radius 2 is 1.70 bits per heavy atom. The largest absolute Gasteiger partial charge is 0.469 e. The summed E-state index contributed by atoms with van der Waals surface area (Å²) in [5, 5.41) is 9.77. The average molecular weight is 277 g/mol. The first-order valence-corrected chi connectivity index (χ1v) is 6.09. The Labute approximate surface area is 115 Å². The Kier molecular flexibility index (Phi) is 3.45. The molecule has 3 N–H and O–H groups in total. The van der Waals surface area contributed by atoms with E-state index in [0.29, 0.717) is 0 Å². The van der Waals surface area contributed by atoms with Crippen LogP contribution in [0.25, 0.3) is 0 Å². The first-order valence-electron chi connectivity index (χ1n) is 6.09. The minimum atomic E-state index is -2.12. The fourth-order valence-corrected chi connectivity index (χ4v) is 2.60. The zero-order valence-electron chi connectivity index (χ0n) is 11.1. The number of aliphatic hydroxyl groups is 1. The Morgan fingerprint density at radius 1 is 1.25 bits per heavy atom. The molecule has 1 aliphatic carbocycles. The highest BCUT2D eigenvalue weighted by atomic mass is 16.5. The molecule has 106 valence electrons. The first kappa shape index (κ1) is 14.4. The van der Waals surface area contributed by atoms with Gasteiger partial charge in [0.25, 0.3) is 0 Å². The lowest BCUT2D eigenvalue weighted by atomic mass is 9.77. The van der Waals surface area contributed by atoms with Crippen LogP contribution >= 0.6 is 0 Å². The molecular weight excluding hydrogens is 262 g/mol. The van der Waals surface area contributed by atoms with Gasteiger partial charge < -0.3 is 15.6 Å². The van der Waals surface area contributed by atoms with Crippen molar-refractivity contribution in [1.29, 1.82) is 0 Å². The molecule has 0 heterocycles. The number of nitrogens with two attached hydrogens (primary N) is 1. The number of carbonyl (C=O) groups is 3. The molecule has 0 unspecified atom stereocenters. The summed E-state index contributed by atoms with van der Waals surface area (Å²) in [4.78, 5) is 36.7. The Balaban J connectivity index is 2.59. The maximum atomic E-state index is 12.4. The smallest absolute Gasteiger partial charge is 0.314 e. The molecule has 0 saturated carbocycles. The molecule has 1 aliphatic rings. The molecule has 6 nitrogen and oxygen atoms in total. The molecule has 0 radical (unpaired) electrons. The fourth-order valence-electron chi connectivity index (χ4n) is 2.60. The molecule has 0 saturated heterocycles. The van der Waals surface area contributed by atoms with E-state index in [1.165, 1.54) is 19.1 Å². The van der Waals surface area contributed by atoms with Gasteiger partial charge in [-0.3, -0.25) is 14.4 Å². The van der Waals surface area contributed by atoms with Crippen LogP contribution in [0.2, 0.25) is 0 Å². The van der Waals surface area contributed by atoms with Gasteiger partial charge in [0, 0.05) is 11.1 Å².